The van der Waals surface area contributed by atoms with E-state index in [1.54, 1.807) is 24.3 Å². The molecule has 0 saturated heterocycles. The second kappa shape index (κ2) is 5.60. The lowest BCUT2D eigenvalue weighted by molar-refractivity contribution is 0.275. The second-order valence-electron chi connectivity index (χ2n) is 3.80. The lowest BCUT2D eigenvalue weighted by Crippen LogP contribution is -2.00. The van der Waals surface area contributed by atoms with E-state index in [2.05, 4.69) is 0 Å². The summed E-state index contributed by atoms with van der Waals surface area (Å²) in [6.07, 6.45) is 0. The molecule has 2 aromatic carbocycles. The molecule has 0 aliphatic rings. The third-order valence-corrected chi connectivity index (χ3v) is 2.52. The van der Waals surface area contributed by atoms with Gasteiger partial charge in [0, 0.05) is 5.56 Å². The largest absolute Gasteiger partial charge is 0.486 e. The molecule has 2 nitrogen and oxygen atoms in total. The van der Waals surface area contributed by atoms with Crippen LogP contribution < -0.4 is 4.74 Å². The quantitative estimate of drug-likeness (QED) is 0.903. The number of rotatable bonds is 4. The molecule has 94 valence electrons. The van der Waals surface area contributed by atoms with E-state index in [1.165, 1.54) is 18.2 Å². The van der Waals surface area contributed by atoms with Crippen LogP contribution in [0.5, 0.6) is 5.75 Å². The minimum atomic E-state index is -0.571. The number of halogens is 2. The Labute approximate surface area is 103 Å². The first-order valence-electron chi connectivity index (χ1n) is 5.46. The molecule has 0 aliphatic heterocycles. The summed E-state index contributed by atoms with van der Waals surface area (Å²) >= 11 is 0. The van der Waals surface area contributed by atoms with Crippen LogP contribution >= 0.6 is 0 Å². The van der Waals surface area contributed by atoms with Crippen molar-refractivity contribution in [2.24, 2.45) is 0 Å². The lowest BCUT2D eigenvalue weighted by atomic mass is 10.2. The smallest absolute Gasteiger partial charge is 0.165 e. The standard InChI is InChI=1S/C14H12F2O2/c15-12-4-2-1-3-11(12)9-18-14-6-5-10(8-17)7-13(14)16/h1-7,17H,8-9H2. The van der Waals surface area contributed by atoms with Gasteiger partial charge in [0.05, 0.1) is 6.61 Å². The van der Waals surface area contributed by atoms with Crippen LogP contribution in [0.25, 0.3) is 0 Å². The predicted octanol–water partition coefficient (Wildman–Crippen LogP) is 3.04. The number of ether oxygens (including phenoxy) is 1. The molecule has 0 bridgehead atoms. The van der Waals surface area contributed by atoms with E-state index in [1.807, 2.05) is 0 Å². The predicted molar refractivity (Wildman–Crippen MR) is 63.1 cm³/mol. The van der Waals surface area contributed by atoms with Gasteiger partial charge in [-0.05, 0) is 23.8 Å². The van der Waals surface area contributed by atoms with Crippen LogP contribution in [0.1, 0.15) is 11.1 Å². The second-order valence-corrected chi connectivity index (χ2v) is 3.80. The molecule has 0 heterocycles. The molecule has 2 rings (SSSR count). The Kier molecular flexibility index (Phi) is 3.89. The van der Waals surface area contributed by atoms with Crippen molar-refractivity contribution < 1.29 is 18.6 Å². The number of hydrogen-bond donors (Lipinski definition) is 1. The molecular formula is C14H12F2O2. The van der Waals surface area contributed by atoms with Crippen LogP contribution in [0.2, 0.25) is 0 Å². The zero-order valence-corrected chi connectivity index (χ0v) is 9.57. The van der Waals surface area contributed by atoms with Gasteiger partial charge in [-0.25, -0.2) is 8.78 Å². The fraction of sp³-hybridized carbons (Fsp3) is 0.143. The molecule has 2 aromatic rings. The highest BCUT2D eigenvalue weighted by atomic mass is 19.1. The molecule has 0 amide bonds. The Hall–Kier alpha value is -1.94. The maximum atomic E-state index is 13.5. The van der Waals surface area contributed by atoms with Crippen LogP contribution in [0, 0.1) is 11.6 Å². The third kappa shape index (κ3) is 2.84. The fourth-order valence-electron chi connectivity index (χ4n) is 1.53. The number of aliphatic hydroxyl groups excluding tert-OH is 1. The molecule has 18 heavy (non-hydrogen) atoms. The Morgan fingerprint density at radius 3 is 2.44 bits per heavy atom. The summed E-state index contributed by atoms with van der Waals surface area (Å²) in [5.41, 5.74) is 0.828. The van der Waals surface area contributed by atoms with Crippen molar-refractivity contribution in [3.63, 3.8) is 0 Å². The van der Waals surface area contributed by atoms with Crippen molar-refractivity contribution in [2.75, 3.05) is 0 Å². The molecule has 0 aliphatic carbocycles. The summed E-state index contributed by atoms with van der Waals surface area (Å²) < 4.78 is 32.0. The molecule has 0 aromatic heterocycles. The monoisotopic (exact) mass is 250 g/mol. The van der Waals surface area contributed by atoms with Crippen LogP contribution in [0.3, 0.4) is 0 Å². The molecule has 0 spiro atoms. The summed E-state index contributed by atoms with van der Waals surface area (Å²) in [4.78, 5) is 0. The van der Waals surface area contributed by atoms with Gasteiger partial charge in [0.15, 0.2) is 11.6 Å². The van der Waals surface area contributed by atoms with Gasteiger partial charge in [-0.2, -0.15) is 0 Å². The van der Waals surface area contributed by atoms with Crippen LogP contribution in [-0.2, 0) is 13.2 Å². The van der Waals surface area contributed by atoms with E-state index >= 15 is 0 Å². The van der Waals surface area contributed by atoms with E-state index in [4.69, 9.17) is 9.84 Å². The topological polar surface area (TPSA) is 29.5 Å². The van der Waals surface area contributed by atoms with E-state index in [0.717, 1.165) is 0 Å². The maximum Gasteiger partial charge on any atom is 0.165 e. The van der Waals surface area contributed by atoms with Gasteiger partial charge in [0.1, 0.15) is 12.4 Å². The molecule has 4 heteroatoms. The summed E-state index contributed by atoms with van der Waals surface area (Å²) in [7, 11) is 0. The van der Waals surface area contributed by atoms with Crippen molar-refractivity contribution in [3.8, 4) is 5.75 Å². The summed E-state index contributed by atoms with van der Waals surface area (Å²) in [5, 5.41) is 8.84. The highest BCUT2D eigenvalue weighted by Gasteiger charge is 2.06. The Morgan fingerprint density at radius 1 is 1.00 bits per heavy atom. The normalized spacial score (nSPS) is 10.4. The van der Waals surface area contributed by atoms with Crippen molar-refractivity contribution in [2.45, 2.75) is 13.2 Å². The van der Waals surface area contributed by atoms with Gasteiger partial charge in [-0.15, -0.1) is 0 Å². The number of aliphatic hydroxyl groups is 1. The first-order chi connectivity index (χ1) is 8.70. The minimum absolute atomic E-state index is 0.0375. The molecule has 0 radical (unpaired) electrons. The van der Waals surface area contributed by atoms with E-state index in [9.17, 15) is 8.78 Å². The van der Waals surface area contributed by atoms with E-state index in [0.29, 0.717) is 11.1 Å². The summed E-state index contributed by atoms with van der Waals surface area (Å²) in [6, 6.07) is 10.3. The van der Waals surface area contributed by atoms with Crippen LogP contribution in [0.4, 0.5) is 8.78 Å². The number of benzene rings is 2. The first kappa shape index (κ1) is 12.5. The average molecular weight is 250 g/mol. The van der Waals surface area contributed by atoms with Crippen LogP contribution in [0.15, 0.2) is 42.5 Å². The highest BCUT2D eigenvalue weighted by molar-refractivity contribution is 5.29. The van der Waals surface area contributed by atoms with Gasteiger partial charge < -0.3 is 9.84 Å². The third-order valence-electron chi connectivity index (χ3n) is 2.52. The highest BCUT2D eigenvalue weighted by Crippen LogP contribution is 2.20. The van der Waals surface area contributed by atoms with Gasteiger partial charge in [0.25, 0.3) is 0 Å². The van der Waals surface area contributed by atoms with E-state index < -0.39 is 5.82 Å². The molecule has 0 saturated carbocycles. The Balaban J connectivity index is 2.09. The molecule has 0 atom stereocenters. The Morgan fingerprint density at radius 2 is 1.78 bits per heavy atom. The van der Waals surface area contributed by atoms with Gasteiger partial charge in [-0.3, -0.25) is 0 Å². The Bertz CT molecular complexity index is 541. The first-order valence-corrected chi connectivity index (χ1v) is 5.46. The summed E-state index contributed by atoms with van der Waals surface area (Å²) in [5.74, 6) is -0.918. The lowest BCUT2D eigenvalue weighted by Gasteiger charge is -2.08. The van der Waals surface area contributed by atoms with Crippen LogP contribution in [-0.4, -0.2) is 5.11 Å². The zero-order chi connectivity index (χ0) is 13.0. The van der Waals surface area contributed by atoms with Crippen molar-refractivity contribution >= 4 is 0 Å². The molecule has 0 fully saturated rings. The SMILES string of the molecule is OCc1ccc(OCc2ccccc2F)c(F)c1. The van der Waals surface area contributed by atoms with Crippen molar-refractivity contribution in [3.05, 3.63) is 65.2 Å². The molecular weight excluding hydrogens is 238 g/mol. The number of hydrogen-bond acceptors (Lipinski definition) is 2. The average Bonchev–Trinajstić information content (AvgIpc) is 2.39. The van der Waals surface area contributed by atoms with Gasteiger partial charge >= 0.3 is 0 Å². The van der Waals surface area contributed by atoms with Gasteiger partial charge in [0.2, 0.25) is 0 Å². The molecule has 0 unspecified atom stereocenters. The van der Waals surface area contributed by atoms with E-state index in [-0.39, 0.29) is 24.8 Å². The minimum Gasteiger partial charge on any atom is -0.486 e. The van der Waals surface area contributed by atoms with Crippen molar-refractivity contribution in [1.82, 2.24) is 0 Å². The zero-order valence-electron chi connectivity index (χ0n) is 9.57. The van der Waals surface area contributed by atoms with Crippen molar-refractivity contribution in [1.29, 1.82) is 0 Å². The maximum absolute atomic E-state index is 13.5. The summed E-state index contributed by atoms with van der Waals surface area (Å²) in [6.45, 7) is -0.271. The van der Waals surface area contributed by atoms with Gasteiger partial charge in [-0.1, -0.05) is 24.3 Å². The fourth-order valence-corrected chi connectivity index (χ4v) is 1.53. The molecule has 1 N–H and O–H groups in total.